The standard InChI is InChI=1S/C12H16ClN3/c1-2-3-4-10(14)11-7-15-12-6-5-9(13)8-16(11)12/h5-8,10H,2-4,14H2,1H3. The summed E-state index contributed by atoms with van der Waals surface area (Å²) in [6, 6.07) is 3.78. The van der Waals surface area contributed by atoms with Gasteiger partial charge in [0.2, 0.25) is 0 Å². The zero-order chi connectivity index (χ0) is 11.5. The van der Waals surface area contributed by atoms with Crippen LogP contribution in [0.3, 0.4) is 0 Å². The Labute approximate surface area is 100 Å². The number of nitrogens with zero attached hydrogens (tertiary/aromatic N) is 2. The lowest BCUT2D eigenvalue weighted by Gasteiger charge is -2.10. The Balaban J connectivity index is 2.33. The quantitative estimate of drug-likeness (QED) is 0.888. The molecule has 86 valence electrons. The van der Waals surface area contributed by atoms with Crippen LogP contribution in [0.2, 0.25) is 5.02 Å². The maximum atomic E-state index is 6.14. The van der Waals surface area contributed by atoms with Gasteiger partial charge >= 0.3 is 0 Å². The highest BCUT2D eigenvalue weighted by Gasteiger charge is 2.11. The Morgan fingerprint density at radius 2 is 2.31 bits per heavy atom. The molecular weight excluding hydrogens is 222 g/mol. The first-order valence-electron chi connectivity index (χ1n) is 5.60. The van der Waals surface area contributed by atoms with Crippen LogP contribution in [0.15, 0.2) is 24.5 Å². The molecule has 3 nitrogen and oxygen atoms in total. The Morgan fingerprint density at radius 3 is 3.06 bits per heavy atom. The number of fused-ring (bicyclic) bond motifs is 1. The number of rotatable bonds is 4. The normalized spacial score (nSPS) is 13.2. The highest BCUT2D eigenvalue weighted by molar-refractivity contribution is 6.30. The van der Waals surface area contributed by atoms with Crippen LogP contribution in [-0.2, 0) is 0 Å². The smallest absolute Gasteiger partial charge is 0.137 e. The molecule has 0 amide bonds. The summed E-state index contributed by atoms with van der Waals surface area (Å²) in [5, 5.41) is 0.703. The summed E-state index contributed by atoms with van der Waals surface area (Å²) in [5.74, 6) is 0. The molecule has 0 bridgehead atoms. The first-order valence-corrected chi connectivity index (χ1v) is 5.98. The fraction of sp³-hybridized carbons (Fsp3) is 0.417. The molecule has 2 heterocycles. The summed E-state index contributed by atoms with van der Waals surface area (Å²) in [6.45, 7) is 2.16. The third-order valence-electron chi connectivity index (χ3n) is 2.75. The van der Waals surface area contributed by atoms with Crippen LogP contribution in [-0.4, -0.2) is 9.38 Å². The van der Waals surface area contributed by atoms with E-state index in [4.69, 9.17) is 17.3 Å². The molecule has 0 aromatic carbocycles. The van der Waals surface area contributed by atoms with Crippen molar-refractivity contribution in [3.8, 4) is 0 Å². The summed E-state index contributed by atoms with van der Waals surface area (Å²) < 4.78 is 1.97. The van der Waals surface area contributed by atoms with Gasteiger partial charge in [-0.15, -0.1) is 0 Å². The summed E-state index contributed by atoms with van der Waals surface area (Å²) in [4.78, 5) is 4.31. The number of nitrogens with two attached hydrogens (primary N) is 1. The number of halogens is 1. The van der Waals surface area contributed by atoms with E-state index in [2.05, 4.69) is 11.9 Å². The molecule has 2 rings (SSSR count). The summed E-state index contributed by atoms with van der Waals surface area (Å²) in [6.07, 6.45) is 6.98. The average molecular weight is 238 g/mol. The second kappa shape index (κ2) is 4.85. The van der Waals surface area contributed by atoms with Crippen molar-refractivity contribution in [2.24, 2.45) is 5.73 Å². The van der Waals surface area contributed by atoms with Crippen LogP contribution < -0.4 is 5.73 Å². The molecule has 1 atom stereocenters. The molecule has 2 aromatic heterocycles. The van der Waals surface area contributed by atoms with Gasteiger partial charge in [-0.1, -0.05) is 31.4 Å². The number of imidazole rings is 1. The minimum absolute atomic E-state index is 0.0356. The first-order chi connectivity index (χ1) is 7.72. The minimum Gasteiger partial charge on any atom is -0.323 e. The summed E-state index contributed by atoms with van der Waals surface area (Å²) in [7, 11) is 0. The number of pyridine rings is 1. The maximum absolute atomic E-state index is 6.14. The van der Waals surface area contributed by atoms with E-state index < -0.39 is 0 Å². The molecule has 1 unspecified atom stereocenters. The van der Waals surface area contributed by atoms with Gasteiger partial charge in [-0.25, -0.2) is 4.98 Å². The Kier molecular flexibility index (Phi) is 3.46. The topological polar surface area (TPSA) is 43.3 Å². The van der Waals surface area contributed by atoms with E-state index in [-0.39, 0.29) is 6.04 Å². The van der Waals surface area contributed by atoms with Crippen molar-refractivity contribution in [1.29, 1.82) is 0 Å². The molecule has 16 heavy (non-hydrogen) atoms. The molecule has 0 saturated heterocycles. The van der Waals surface area contributed by atoms with Crippen molar-refractivity contribution in [3.05, 3.63) is 35.2 Å². The van der Waals surface area contributed by atoms with E-state index in [0.717, 1.165) is 30.6 Å². The second-order valence-corrected chi connectivity index (χ2v) is 4.44. The molecule has 4 heteroatoms. The predicted octanol–water partition coefficient (Wildman–Crippen LogP) is 3.18. The highest BCUT2D eigenvalue weighted by atomic mass is 35.5. The fourth-order valence-electron chi connectivity index (χ4n) is 1.82. The number of hydrogen-bond donors (Lipinski definition) is 1. The molecule has 0 aliphatic heterocycles. The molecule has 2 aromatic rings. The van der Waals surface area contributed by atoms with Crippen LogP contribution in [0.25, 0.3) is 5.65 Å². The lowest BCUT2D eigenvalue weighted by Crippen LogP contribution is -2.12. The van der Waals surface area contributed by atoms with Crippen molar-refractivity contribution in [2.45, 2.75) is 32.2 Å². The zero-order valence-corrected chi connectivity index (χ0v) is 10.1. The van der Waals surface area contributed by atoms with Crippen molar-refractivity contribution in [2.75, 3.05) is 0 Å². The van der Waals surface area contributed by atoms with Crippen LogP contribution in [0.1, 0.15) is 37.9 Å². The van der Waals surface area contributed by atoms with E-state index in [1.165, 1.54) is 0 Å². The fourth-order valence-corrected chi connectivity index (χ4v) is 1.98. The predicted molar refractivity (Wildman–Crippen MR) is 66.7 cm³/mol. The van der Waals surface area contributed by atoms with Gasteiger partial charge < -0.3 is 10.1 Å². The molecular formula is C12H16ClN3. The van der Waals surface area contributed by atoms with E-state index in [1.54, 1.807) is 0 Å². The van der Waals surface area contributed by atoms with E-state index in [0.29, 0.717) is 5.02 Å². The molecule has 0 spiro atoms. The van der Waals surface area contributed by atoms with Crippen LogP contribution in [0, 0.1) is 0 Å². The van der Waals surface area contributed by atoms with Gasteiger partial charge in [0.25, 0.3) is 0 Å². The lowest BCUT2D eigenvalue weighted by molar-refractivity contribution is 0.587. The van der Waals surface area contributed by atoms with Crippen molar-refractivity contribution in [1.82, 2.24) is 9.38 Å². The van der Waals surface area contributed by atoms with Crippen molar-refractivity contribution >= 4 is 17.2 Å². The van der Waals surface area contributed by atoms with Gasteiger partial charge in [-0.05, 0) is 18.6 Å². The molecule has 2 N–H and O–H groups in total. The van der Waals surface area contributed by atoms with Gasteiger partial charge in [0, 0.05) is 12.2 Å². The van der Waals surface area contributed by atoms with Crippen molar-refractivity contribution < 1.29 is 0 Å². The van der Waals surface area contributed by atoms with Gasteiger partial charge in [0.1, 0.15) is 5.65 Å². The number of aromatic nitrogens is 2. The number of unbranched alkanes of at least 4 members (excludes halogenated alkanes) is 1. The van der Waals surface area contributed by atoms with E-state index >= 15 is 0 Å². The molecule has 0 radical (unpaired) electrons. The molecule has 0 fully saturated rings. The van der Waals surface area contributed by atoms with E-state index in [1.807, 2.05) is 28.9 Å². The van der Waals surface area contributed by atoms with Gasteiger partial charge in [-0.3, -0.25) is 0 Å². The Bertz CT molecular complexity index is 478. The lowest BCUT2D eigenvalue weighted by atomic mass is 10.1. The molecule has 0 aliphatic carbocycles. The zero-order valence-electron chi connectivity index (χ0n) is 9.36. The maximum Gasteiger partial charge on any atom is 0.137 e. The average Bonchev–Trinajstić information content (AvgIpc) is 2.68. The molecule has 0 aliphatic rings. The van der Waals surface area contributed by atoms with Gasteiger partial charge in [0.15, 0.2) is 0 Å². The minimum atomic E-state index is 0.0356. The summed E-state index contributed by atoms with van der Waals surface area (Å²) >= 11 is 5.97. The number of hydrogen-bond acceptors (Lipinski definition) is 2. The molecule has 0 saturated carbocycles. The van der Waals surface area contributed by atoms with E-state index in [9.17, 15) is 0 Å². The van der Waals surface area contributed by atoms with Crippen LogP contribution in [0.4, 0.5) is 0 Å². The second-order valence-electron chi connectivity index (χ2n) is 4.01. The monoisotopic (exact) mass is 237 g/mol. The van der Waals surface area contributed by atoms with Gasteiger partial charge in [-0.2, -0.15) is 0 Å². The van der Waals surface area contributed by atoms with Crippen molar-refractivity contribution in [3.63, 3.8) is 0 Å². The Hall–Kier alpha value is -1.06. The summed E-state index contributed by atoms with van der Waals surface area (Å²) in [5.41, 5.74) is 8.07. The Morgan fingerprint density at radius 1 is 1.50 bits per heavy atom. The largest absolute Gasteiger partial charge is 0.323 e. The third kappa shape index (κ3) is 2.20. The highest BCUT2D eigenvalue weighted by Crippen LogP contribution is 2.20. The van der Waals surface area contributed by atoms with Crippen LogP contribution >= 0.6 is 11.6 Å². The third-order valence-corrected chi connectivity index (χ3v) is 2.97. The van der Waals surface area contributed by atoms with Crippen LogP contribution in [0.5, 0.6) is 0 Å². The SMILES string of the molecule is CCCCC(N)c1cnc2ccc(Cl)cn12. The van der Waals surface area contributed by atoms with Gasteiger partial charge in [0.05, 0.1) is 16.9 Å². The first kappa shape index (κ1) is 11.4.